The predicted octanol–water partition coefficient (Wildman–Crippen LogP) is 2.25. The molecule has 0 spiro atoms. The third kappa shape index (κ3) is 4.67. The second kappa shape index (κ2) is 7.93. The number of rotatable bonds is 7. The van der Waals surface area contributed by atoms with Gasteiger partial charge < -0.3 is 9.47 Å². The number of halogens is 1. The Morgan fingerprint density at radius 1 is 1.38 bits per heavy atom. The molecule has 1 heterocycles. The van der Waals surface area contributed by atoms with Gasteiger partial charge in [0, 0.05) is 12.1 Å². The molecule has 0 aliphatic carbocycles. The first-order valence-corrected chi connectivity index (χ1v) is 9.42. The van der Waals surface area contributed by atoms with E-state index in [-0.39, 0.29) is 33.8 Å². The number of aromatic nitrogens is 1. The van der Waals surface area contributed by atoms with Gasteiger partial charge in [0.05, 0.1) is 17.8 Å². The highest BCUT2D eigenvalue weighted by molar-refractivity contribution is 7.90. The lowest BCUT2D eigenvalue weighted by Crippen LogP contribution is -2.30. The van der Waals surface area contributed by atoms with Gasteiger partial charge in [-0.05, 0) is 25.1 Å². The number of sulfonamides is 1. The number of aryl methyl sites for hydroxylation is 1. The van der Waals surface area contributed by atoms with Crippen LogP contribution in [0.15, 0.2) is 29.3 Å². The maximum atomic E-state index is 12.5. The highest BCUT2D eigenvalue weighted by Gasteiger charge is 2.24. The molecule has 2 aromatic rings. The first-order chi connectivity index (χ1) is 11.3. The molecule has 130 valence electrons. The Kier molecular flexibility index (Phi) is 6.16. The summed E-state index contributed by atoms with van der Waals surface area (Å²) >= 11 is 6.97. The third-order valence-corrected chi connectivity index (χ3v) is 5.31. The van der Waals surface area contributed by atoms with Gasteiger partial charge in [-0.2, -0.15) is 0 Å². The number of amides is 1. The van der Waals surface area contributed by atoms with Crippen LogP contribution in [0.25, 0.3) is 0 Å². The van der Waals surface area contributed by atoms with Crippen LogP contribution in [0, 0.1) is 6.92 Å². The number of nitrogens with zero attached hydrogens (tertiary/aromatic N) is 1. The van der Waals surface area contributed by atoms with E-state index in [1.54, 1.807) is 6.92 Å². The predicted molar refractivity (Wildman–Crippen MR) is 90.3 cm³/mol. The third-order valence-electron chi connectivity index (χ3n) is 2.81. The van der Waals surface area contributed by atoms with Crippen molar-refractivity contribution in [3.05, 3.63) is 39.3 Å². The molecule has 0 unspecified atom stereocenters. The molecule has 0 fully saturated rings. The molecule has 2 rings (SSSR count). The van der Waals surface area contributed by atoms with Crippen LogP contribution in [0.5, 0.6) is 5.75 Å². The minimum atomic E-state index is -4.16. The Morgan fingerprint density at radius 3 is 2.75 bits per heavy atom. The molecule has 0 atom stereocenters. The van der Waals surface area contributed by atoms with E-state index in [9.17, 15) is 13.2 Å². The zero-order chi connectivity index (χ0) is 17.7. The van der Waals surface area contributed by atoms with Gasteiger partial charge in [-0.25, -0.2) is 18.1 Å². The van der Waals surface area contributed by atoms with Crippen molar-refractivity contribution in [3.63, 3.8) is 0 Å². The maximum Gasteiger partial charge on any atom is 0.276 e. The monoisotopic (exact) mass is 390 g/mol. The lowest BCUT2D eigenvalue weighted by molar-refractivity contribution is 0.0985. The summed E-state index contributed by atoms with van der Waals surface area (Å²) in [5.74, 6) is -0.680. The topological polar surface area (TPSA) is 94.6 Å². The summed E-state index contributed by atoms with van der Waals surface area (Å²) in [5, 5.41) is 0.861. The normalized spacial score (nSPS) is 11.3. The quantitative estimate of drug-likeness (QED) is 0.728. The second-order valence-electron chi connectivity index (χ2n) is 4.61. The molecule has 0 saturated carbocycles. The zero-order valence-electron chi connectivity index (χ0n) is 12.9. The van der Waals surface area contributed by atoms with Crippen molar-refractivity contribution < 1.29 is 22.7 Å². The van der Waals surface area contributed by atoms with Gasteiger partial charge in [-0.15, -0.1) is 11.3 Å². The number of ether oxygens (including phenoxy) is 2. The molecule has 1 amide bonds. The van der Waals surface area contributed by atoms with E-state index in [1.165, 1.54) is 31.5 Å². The smallest absolute Gasteiger partial charge is 0.276 e. The Hall–Kier alpha value is -1.68. The first-order valence-electron chi connectivity index (χ1n) is 6.74. The van der Waals surface area contributed by atoms with E-state index in [2.05, 4.69) is 4.98 Å². The summed E-state index contributed by atoms with van der Waals surface area (Å²) in [6.45, 7) is 2.16. The molecule has 1 aromatic carbocycles. The fourth-order valence-electron chi connectivity index (χ4n) is 1.74. The van der Waals surface area contributed by atoms with Crippen LogP contribution in [0.4, 0.5) is 0 Å². The van der Waals surface area contributed by atoms with Crippen molar-refractivity contribution in [2.75, 3.05) is 20.3 Å². The van der Waals surface area contributed by atoms with E-state index in [0.717, 1.165) is 11.3 Å². The molecule has 7 nitrogen and oxygen atoms in total. The molecule has 10 heteroatoms. The van der Waals surface area contributed by atoms with Crippen molar-refractivity contribution in [2.24, 2.45) is 0 Å². The minimum Gasteiger partial charge on any atom is -0.490 e. The lowest BCUT2D eigenvalue weighted by atomic mass is 10.3. The molecule has 24 heavy (non-hydrogen) atoms. The average Bonchev–Trinajstić information content (AvgIpc) is 2.95. The summed E-state index contributed by atoms with van der Waals surface area (Å²) in [4.78, 5) is 16.0. The number of hydrogen-bond acceptors (Lipinski definition) is 7. The number of carbonyl (C=O) groups is 1. The van der Waals surface area contributed by atoms with Gasteiger partial charge in [-0.3, -0.25) is 4.79 Å². The number of methoxy groups -OCH3 is 1. The summed E-state index contributed by atoms with van der Waals surface area (Å²) in [5.41, 5.74) is 0. The van der Waals surface area contributed by atoms with Crippen molar-refractivity contribution in [2.45, 2.75) is 11.8 Å². The van der Waals surface area contributed by atoms with E-state index < -0.39 is 15.9 Å². The number of carbonyl (C=O) groups excluding carboxylic acids is 1. The Labute approximate surface area is 148 Å². The van der Waals surface area contributed by atoms with Crippen LogP contribution >= 0.6 is 22.9 Å². The molecule has 1 aromatic heterocycles. The van der Waals surface area contributed by atoms with Gasteiger partial charge in [0.25, 0.3) is 15.9 Å². The summed E-state index contributed by atoms with van der Waals surface area (Å²) in [6.07, 6.45) is 1.32. The van der Waals surface area contributed by atoms with E-state index in [0.29, 0.717) is 5.01 Å². The largest absolute Gasteiger partial charge is 0.490 e. The molecule has 0 bridgehead atoms. The molecule has 0 radical (unpaired) electrons. The summed E-state index contributed by atoms with van der Waals surface area (Å²) < 4.78 is 37.3. The second-order valence-corrected chi connectivity index (χ2v) is 7.93. The Morgan fingerprint density at radius 2 is 2.12 bits per heavy atom. The van der Waals surface area contributed by atoms with E-state index in [1.807, 2.05) is 4.72 Å². The Bertz CT molecular complexity index is 835. The van der Waals surface area contributed by atoms with Crippen molar-refractivity contribution in [3.8, 4) is 5.75 Å². The summed E-state index contributed by atoms with van der Waals surface area (Å²) in [6, 6.07) is 4.14. The van der Waals surface area contributed by atoms with Crippen molar-refractivity contribution in [1.82, 2.24) is 9.71 Å². The van der Waals surface area contributed by atoms with Crippen LogP contribution in [-0.4, -0.2) is 39.6 Å². The van der Waals surface area contributed by atoms with Gasteiger partial charge >= 0.3 is 0 Å². The molecule has 0 saturated heterocycles. The Balaban J connectivity index is 2.27. The molecule has 1 N–H and O–H groups in total. The molecule has 0 aliphatic rings. The summed E-state index contributed by atoms with van der Waals surface area (Å²) in [7, 11) is -2.66. The van der Waals surface area contributed by atoms with Gasteiger partial charge in [-0.1, -0.05) is 11.6 Å². The SMILES string of the molecule is COCCOc1ccc(Cl)cc1S(=O)(=O)NC(=O)c1cnc(C)s1. The number of thiazole rings is 1. The maximum absolute atomic E-state index is 12.5. The fraction of sp³-hybridized carbons (Fsp3) is 0.286. The van der Waals surface area contributed by atoms with Crippen LogP contribution in [0.3, 0.4) is 0 Å². The highest BCUT2D eigenvalue weighted by Crippen LogP contribution is 2.27. The van der Waals surface area contributed by atoms with Gasteiger partial charge in [0.1, 0.15) is 22.1 Å². The average molecular weight is 391 g/mol. The van der Waals surface area contributed by atoms with Crippen LogP contribution in [0.2, 0.25) is 5.02 Å². The molecular weight excluding hydrogens is 376 g/mol. The van der Waals surface area contributed by atoms with Gasteiger partial charge in [0.15, 0.2) is 0 Å². The number of hydrogen-bond donors (Lipinski definition) is 1. The highest BCUT2D eigenvalue weighted by atomic mass is 35.5. The van der Waals surface area contributed by atoms with Crippen LogP contribution in [-0.2, 0) is 14.8 Å². The fourth-order valence-corrected chi connectivity index (χ4v) is 3.85. The zero-order valence-corrected chi connectivity index (χ0v) is 15.3. The standard InChI is InChI=1S/C14H15ClN2O5S2/c1-9-16-8-12(23-9)14(18)17-24(19,20)13-7-10(15)3-4-11(13)22-6-5-21-2/h3-4,7-8H,5-6H2,1-2H3,(H,17,18). The number of benzene rings is 1. The minimum absolute atomic E-state index is 0.0808. The molecule has 0 aliphatic heterocycles. The van der Waals surface area contributed by atoms with Crippen LogP contribution < -0.4 is 9.46 Å². The lowest BCUT2D eigenvalue weighted by Gasteiger charge is -2.12. The van der Waals surface area contributed by atoms with E-state index >= 15 is 0 Å². The van der Waals surface area contributed by atoms with Crippen molar-refractivity contribution >= 4 is 38.9 Å². The van der Waals surface area contributed by atoms with Gasteiger partial charge in [0.2, 0.25) is 0 Å². The van der Waals surface area contributed by atoms with Crippen molar-refractivity contribution in [1.29, 1.82) is 0 Å². The first kappa shape index (κ1) is 18.7. The van der Waals surface area contributed by atoms with E-state index in [4.69, 9.17) is 21.1 Å². The molecular formula is C14H15ClN2O5S2. The van der Waals surface area contributed by atoms with Crippen LogP contribution in [0.1, 0.15) is 14.7 Å². The number of nitrogens with one attached hydrogen (secondary N) is 1.